The molecule has 0 amide bonds. The zero-order chi connectivity index (χ0) is 47.3. The normalized spacial score (nSPS) is 26.2. The number of fused-ring (bicyclic) bond motifs is 5. The van der Waals surface area contributed by atoms with Gasteiger partial charge in [0.15, 0.2) is 0 Å². The highest BCUT2D eigenvalue weighted by atomic mass is 16.5. The second-order valence-electron chi connectivity index (χ2n) is 23.0. The van der Waals surface area contributed by atoms with Gasteiger partial charge in [0.05, 0.1) is 11.4 Å². The van der Waals surface area contributed by atoms with Crippen LogP contribution >= 0.6 is 0 Å². The van der Waals surface area contributed by atoms with Gasteiger partial charge < -0.3 is 9.47 Å². The second-order valence-corrected chi connectivity index (χ2v) is 23.0. The third-order valence-corrected chi connectivity index (χ3v) is 17.7. The van der Waals surface area contributed by atoms with Gasteiger partial charge in [-0.25, -0.2) is 0 Å². The molecular formula is C61H94N2O4. The fourth-order valence-corrected chi connectivity index (χ4v) is 13.7. The van der Waals surface area contributed by atoms with E-state index in [9.17, 15) is 9.59 Å². The quantitative estimate of drug-likeness (QED) is 0.0257. The molecule has 8 atom stereocenters. The van der Waals surface area contributed by atoms with Crippen LogP contribution in [0.3, 0.4) is 0 Å². The Morgan fingerprint density at radius 1 is 0.597 bits per heavy atom. The lowest BCUT2D eigenvalue weighted by atomic mass is 9.47. The van der Waals surface area contributed by atoms with E-state index in [1.54, 1.807) is 17.7 Å². The number of unbranched alkanes of at least 4 members (excludes halogenated alkanes) is 17. The summed E-state index contributed by atoms with van der Waals surface area (Å²) in [4.78, 5) is 25.2. The molecule has 67 heavy (non-hydrogen) atoms. The number of carbonyl (C=O) groups is 2. The van der Waals surface area contributed by atoms with Crippen molar-refractivity contribution in [1.82, 2.24) is 0 Å². The third kappa shape index (κ3) is 16.4. The first-order valence-corrected chi connectivity index (χ1v) is 28.2. The molecule has 1 unspecified atom stereocenters. The summed E-state index contributed by atoms with van der Waals surface area (Å²) in [5, 5.41) is 8.46. The van der Waals surface area contributed by atoms with Gasteiger partial charge in [0.1, 0.15) is 11.9 Å². The van der Waals surface area contributed by atoms with E-state index >= 15 is 0 Å². The number of azo groups is 1. The summed E-state index contributed by atoms with van der Waals surface area (Å²) in [5.74, 6) is 5.62. The summed E-state index contributed by atoms with van der Waals surface area (Å²) in [6.45, 7) is 12.6. The topological polar surface area (TPSA) is 77.3 Å². The van der Waals surface area contributed by atoms with E-state index < -0.39 is 0 Å². The summed E-state index contributed by atoms with van der Waals surface area (Å²) in [5.41, 5.74) is 4.01. The molecule has 0 aromatic heterocycles. The van der Waals surface area contributed by atoms with Gasteiger partial charge in [-0.15, -0.1) is 0 Å². The fourth-order valence-electron chi connectivity index (χ4n) is 13.7. The first-order chi connectivity index (χ1) is 32.5. The Morgan fingerprint density at radius 2 is 1.15 bits per heavy atom. The summed E-state index contributed by atoms with van der Waals surface area (Å²) in [6, 6.07) is 16.8. The number of hydrogen-bond acceptors (Lipinski definition) is 6. The first kappa shape index (κ1) is 53.1. The highest BCUT2D eigenvalue weighted by Crippen LogP contribution is 2.67. The van der Waals surface area contributed by atoms with Crippen LogP contribution in [0.15, 0.2) is 76.5 Å². The SMILES string of the molecule is CC(C)CCC[C@@H](C)[C@H]1CC[C@H]2[C@@H]3CC=C4CC(OC(=O)CCCCCCCCCCCCCCCCCCCCC(=O)Oc5ccc(N=Nc6ccccc6)cc5)CC[C@]4(C)[C@H]3CC[C@]12C. The molecule has 372 valence electrons. The van der Waals surface area contributed by atoms with E-state index in [2.05, 4.69) is 50.9 Å². The van der Waals surface area contributed by atoms with E-state index in [-0.39, 0.29) is 18.0 Å². The number of benzene rings is 2. The number of hydrogen-bond donors (Lipinski definition) is 0. The maximum absolute atomic E-state index is 13.0. The molecule has 3 fully saturated rings. The molecule has 0 heterocycles. The van der Waals surface area contributed by atoms with Crippen molar-refractivity contribution in [2.24, 2.45) is 56.6 Å². The molecule has 6 rings (SSSR count). The van der Waals surface area contributed by atoms with Crippen LogP contribution in [0, 0.1) is 46.3 Å². The van der Waals surface area contributed by atoms with Crippen molar-refractivity contribution < 1.29 is 19.1 Å². The molecule has 0 N–H and O–H groups in total. The lowest BCUT2D eigenvalue weighted by Gasteiger charge is -2.58. The molecule has 4 aliphatic rings. The van der Waals surface area contributed by atoms with Gasteiger partial charge in [-0.1, -0.05) is 186 Å². The Hall–Kier alpha value is -3.28. The molecule has 6 heteroatoms. The molecule has 2 aromatic rings. The summed E-state index contributed by atoms with van der Waals surface area (Å²) < 4.78 is 11.7. The van der Waals surface area contributed by atoms with Crippen LogP contribution in [0.1, 0.15) is 234 Å². The van der Waals surface area contributed by atoms with Crippen LogP contribution in [0.25, 0.3) is 0 Å². The minimum atomic E-state index is -0.166. The second kappa shape index (κ2) is 27.8. The van der Waals surface area contributed by atoms with Crippen LogP contribution in [0.2, 0.25) is 0 Å². The lowest BCUT2D eigenvalue weighted by molar-refractivity contribution is -0.151. The largest absolute Gasteiger partial charge is 0.462 e. The molecule has 0 aliphatic heterocycles. The standard InChI is InChI=1S/C61H94N2O4/c1-47(2)28-27-29-48(3)55-40-41-56-54-39-34-49-46-53(42-44-60(49,4)57(54)43-45-61(55,56)5)67-59(65)33-26-21-19-17-15-13-11-9-7-6-8-10-12-14-16-18-20-25-32-58(64)66-52-37-35-51(36-38-52)63-62-50-30-23-22-24-31-50/h22-24,30-31,34-38,47-48,53-57H,6-21,25-29,32-33,39-46H2,1-5H3/t48-,53?,54+,55-,56+,57+,60+,61-/m1/s1. The van der Waals surface area contributed by atoms with Crippen molar-refractivity contribution in [3.05, 3.63) is 66.2 Å². The smallest absolute Gasteiger partial charge is 0.311 e. The van der Waals surface area contributed by atoms with Crippen LogP contribution in [0.4, 0.5) is 11.4 Å². The lowest BCUT2D eigenvalue weighted by Crippen LogP contribution is -2.51. The van der Waals surface area contributed by atoms with E-state index in [0.29, 0.717) is 29.4 Å². The Bertz CT molecular complexity index is 1800. The molecule has 0 bridgehead atoms. The summed E-state index contributed by atoms with van der Waals surface area (Å²) >= 11 is 0. The number of nitrogens with zero attached hydrogens (tertiary/aromatic N) is 2. The Morgan fingerprint density at radius 3 is 1.73 bits per heavy atom. The van der Waals surface area contributed by atoms with Crippen molar-refractivity contribution >= 4 is 23.3 Å². The molecule has 2 aromatic carbocycles. The van der Waals surface area contributed by atoms with Crippen molar-refractivity contribution in [2.75, 3.05) is 0 Å². The first-order valence-electron chi connectivity index (χ1n) is 28.2. The monoisotopic (exact) mass is 919 g/mol. The third-order valence-electron chi connectivity index (χ3n) is 17.7. The fraction of sp³-hybridized carbons (Fsp3) is 0.738. The van der Waals surface area contributed by atoms with Gasteiger partial charge in [0.2, 0.25) is 0 Å². The maximum Gasteiger partial charge on any atom is 0.311 e. The molecule has 0 saturated heterocycles. The molecule has 0 spiro atoms. The number of esters is 2. The molecule has 3 saturated carbocycles. The highest BCUT2D eigenvalue weighted by Gasteiger charge is 2.59. The minimum absolute atomic E-state index is 0.0476. The molecule has 6 nitrogen and oxygen atoms in total. The molecule has 0 radical (unpaired) electrons. The van der Waals surface area contributed by atoms with Gasteiger partial charge >= 0.3 is 11.9 Å². The van der Waals surface area contributed by atoms with Gasteiger partial charge in [-0.2, -0.15) is 10.2 Å². The summed E-state index contributed by atoms with van der Waals surface area (Å²) in [7, 11) is 0. The van der Waals surface area contributed by atoms with E-state index in [0.717, 1.165) is 85.4 Å². The predicted molar refractivity (Wildman–Crippen MR) is 278 cm³/mol. The highest BCUT2D eigenvalue weighted by molar-refractivity contribution is 5.72. The van der Waals surface area contributed by atoms with Crippen molar-refractivity contribution in [1.29, 1.82) is 0 Å². The van der Waals surface area contributed by atoms with Crippen LogP contribution < -0.4 is 4.74 Å². The number of rotatable bonds is 30. The predicted octanol–water partition coefficient (Wildman–Crippen LogP) is 18.8. The average molecular weight is 919 g/mol. The number of allylic oxidation sites excluding steroid dienone is 1. The maximum atomic E-state index is 13.0. The zero-order valence-electron chi connectivity index (χ0n) is 43.3. The van der Waals surface area contributed by atoms with Gasteiger partial charge in [-0.3, -0.25) is 9.59 Å². The Labute approximate surface area is 409 Å². The van der Waals surface area contributed by atoms with Crippen LogP contribution in [-0.2, 0) is 14.3 Å². The average Bonchev–Trinajstić information content (AvgIpc) is 3.68. The van der Waals surface area contributed by atoms with E-state index in [4.69, 9.17) is 9.47 Å². The minimum Gasteiger partial charge on any atom is -0.462 e. The molecular weight excluding hydrogens is 825 g/mol. The van der Waals surface area contributed by atoms with Crippen molar-refractivity contribution in [3.63, 3.8) is 0 Å². The zero-order valence-corrected chi connectivity index (χ0v) is 43.3. The van der Waals surface area contributed by atoms with Gasteiger partial charge in [0.25, 0.3) is 0 Å². The number of carbonyl (C=O) groups excluding carboxylic acids is 2. The van der Waals surface area contributed by atoms with Gasteiger partial charge in [0, 0.05) is 19.3 Å². The van der Waals surface area contributed by atoms with Crippen LogP contribution in [-0.4, -0.2) is 18.0 Å². The number of ether oxygens (including phenoxy) is 2. The van der Waals surface area contributed by atoms with Crippen molar-refractivity contribution in [3.8, 4) is 5.75 Å². The Kier molecular flexibility index (Phi) is 22.0. The summed E-state index contributed by atoms with van der Waals surface area (Å²) in [6.07, 6.45) is 40.9. The van der Waals surface area contributed by atoms with Crippen LogP contribution in [0.5, 0.6) is 5.75 Å². The van der Waals surface area contributed by atoms with E-state index in [1.807, 2.05) is 42.5 Å². The van der Waals surface area contributed by atoms with Gasteiger partial charge in [-0.05, 0) is 141 Å². The Balaban J connectivity index is 0.699. The van der Waals surface area contributed by atoms with E-state index in [1.165, 1.54) is 148 Å². The van der Waals surface area contributed by atoms with Crippen molar-refractivity contribution in [2.45, 2.75) is 240 Å². The molecule has 4 aliphatic carbocycles.